The van der Waals surface area contributed by atoms with Crippen molar-refractivity contribution < 1.29 is 14.1 Å². The highest BCUT2D eigenvalue weighted by Gasteiger charge is 2.39. The van der Waals surface area contributed by atoms with Crippen LogP contribution in [0.3, 0.4) is 0 Å². The van der Waals surface area contributed by atoms with Gasteiger partial charge in [0, 0.05) is 25.3 Å². The van der Waals surface area contributed by atoms with Crippen LogP contribution < -0.4 is 10.6 Å². The third-order valence-corrected chi connectivity index (χ3v) is 5.34. The minimum atomic E-state index is -0.177. The Morgan fingerprint density at radius 2 is 1.62 bits per heavy atom. The number of nitrogens with one attached hydrogen (secondary N) is 2. The predicted molar refractivity (Wildman–Crippen MR) is 93.7 cm³/mol. The minimum absolute atomic E-state index is 0.0259. The topological polar surface area (TPSA) is 61.4 Å². The summed E-state index contributed by atoms with van der Waals surface area (Å²) in [6.07, 6.45) is 0. The quantitative estimate of drug-likeness (QED) is 0.773. The molecule has 130 valence electrons. The van der Waals surface area contributed by atoms with Crippen LogP contribution in [-0.2, 0) is 9.59 Å². The number of anilines is 1. The van der Waals surface area contributed by atoms with Gasteiger partial charge in [-0.15, -0.1) is 0 Å². The largest absolute Gasteiger partial charge is 0.342 e. The van der Waals surface area contributed by atoms with Gasteiger partial charge in [0.2, 0.25) is 5.91 Å². The molecule has 2 N–H and O–H groups in total. The molecule has 0 spiro atoms. The van der Waals surface area contributed by atoms with Crippen LogP contribution >= 0.6 is 0 Å². The van der Waals surface area contributed by atoms with Crippen LogP contribution in [0.1, 0.15) is 11.1 Å². The van der Waals surface area contributed by atoms with Crippen molar-refractivity contribution in [1.82, 2.24) is 10.2 Å². The zero-order chi connectivity index (χ0) is 17.2. The van der Waals surface area contributed by atoms with E-state index in [0.29, 0.717) is 6.54 Å². The van der Waals surface area contributed by atoms with Gasteiger partial charge in [-0.2, -0.15) is 0 Å². The van der Waals surface area contributed by atoms with Gasteiger partial charge < -0.3 is 15.1 Å². The lowest BCUT2D eigenvalue weighted by atomic mass is 10.1. The first-order chi connectivity index (χ1) is 11.5. The molecule has 3 aliphatic heterocycles. The molecule has 0 aliphatic carbocycles. The van der Waals surface area contributed by atoms with Crippen molar-refractivity contribution in [2.75, 3.05) is 57.7 Å². The van der Waals surface area contributed by atoms with E-state index in [2.05, 4.69) is 15.5 Å². The molecule has 3 saturated heterocycles. The van der Waals surface area contributed by atoms with E-state index in [1.807, 2.05) is 32.0 Å². The van der Waals surface area contributed by atoms with Crippen LogP contribution in [0.25, 0.3) is 0 Å². The molecule has 0 atom stereocenters. The maximum Gasteiger partial charge on any atom is 0.275 e. The number of piperazine rings is 3. The third kappa shape index (κ3) is 3.76. The predicted octanol–water partition coefficient (Wildman–Crippen LogP) is 0.504. The molecule has 0 radical (unpaired) electrons. The zero-order valence-corrected chi connectivity index (χ0v) is 14.6. The summed E-state index contributed by atoms with van der Waals surface area (Å²) in [4.78, 5) is 26.9. The molecule has 3 aliphatic rings. The maximum absolute atomic E-state index is 12.3. The number of hydrogen-bond acceptors (Lipinski definition) is 3. The molecule has 1 aromatic rings. The van der Waals surface area contributed by atoms with E-state index in [1.165, 1.54) is 0 Å². The van der Waals surface area contributed by atoms with Crippen molar-refractivity contribution in [3.63, 3.8) is 0 Å². The number of fused-ring (bicyclic) bond motifs is 3. The number of carbonyl (C=O) groups excluding carboxylic acids is 2. The number of nitrogens with zero attached hydrogens (tertiary/aromatic N) is 2. The highest BCUT2D eigenvalue weighted by Crippen LogP contribution is 2.20. The Morgan fingerprint density at radius 3 is 2.21 bits per heavy atom. The summed E-state index contributed by atoms with van der Waals surface area (Å²) in [5.41, 5.74) is 2.89. The molecule has 3 fully saturated rings. The Morgan fingerprint density at radius 1 is 1.04 bits per heavy atom. The van der Waals surface area contributed by atoms with Crippen LogP contribution in [-0.4, -0.2) is 73.6 Å². The number of rotatable bonds is 5. The number of carbonyl (C=O) groups is 2. The monoisotopic (exact) mass is 331 g/mol. The molecule has 0 aromatic heterocycles. The van der Waals surface area contributed by atoms with Crippen LogP contribution in [0, 0.1) is 13.8 Å². The standard InChI is InChI=1S/C18H26N4O2/c1-14-4-3-5-15(2)18(14)20-16(23)12-19-17(24)13-22-9-6-21(7-10-22)8-11-22/h3-5H,6-13H2,1-2H3,(H-,19,20,23,24)/p+1. The van der Waals surface area contributed by atoms with Gasteiger partial charge in [-0.1, -0.05) is 18.2 Å². The van der Waals surface area contributed by atoms with E-state index in [-0.39, 0.29) is 18.4 Å². The number of aryl methyl sites for hydroxylation is 2. The van der Waals surface area contributed by atoms with Crippen molar-refractivity contribution >= 4 is 17.5 Å². The third-order valence-electron chi connectivity index (χ3n) is 5.34. The van der Waals surface area contributed by atoms with Crippen LogP contribution in [0.15, 0.2) is 18.2 Å². The fraction of sp³-hybridized carbons (Fsp3) is 0.556. The lowest BCUT2D eigenvalue weighted by Crippen LogP contribution is -2.69. The summed E-state index contributed by atoms with van der Waals surface area (Å²) in [6, 6.07) is 5.90. The molecule has 3 heterocycles. The van der Waals surface area contributed by atoms with Crippen LogP contribution in [0.5, 0.6) is 0 Å². The average molecular weight is 331 g/mol. The number of amides is 2. The summed E-state index contributed by atoms with van der Waals surface area (Å²) in [5.74, 6) is -0.203. The highest BCUT2D eigenvalue weighted by atomic mass is 16.2. The fourth-order valence-electron chi connectivity index (χ4n) is 3.70. The minimum Gasteiger partial charge on any atom is -0.342 e. The SMILES string of the molecule is Cc1cccc(C)c1NC(=O)CNC(=O)C[N+]12CCN(CC1)CC2. The van der Waals surface area contributed by atoms with Gasteiger partial charge in [0.25, 0.3) is 5.91 Å². The number of para-hydroxylation sites is 1. The Labute approximate surface area is 143 Å². The van der Waals surface area contributed by atoms with Gasteiger partial charge in [0.15, 0.2) is 6.54 Å². The Balaban J connectivity index is 1.48. The zero-order valence-electron chi connectivity index (χ0n) is 14.6. The van der Waals surface area contributed by atoms with Crippen LogP contribution in [0.4, 0.5) is 5.69 Å². The first-order valence-corrected chi connectivity index (χ1v) is 8.68. The summed E-state index contributed by atoms with van der Waals surface area (Å²) in [5, 5.41) is 5.69. The summed E-state index contributed by atoms with van der Waals surface area (Å²) < 4.78 is 0.876. The molecule has 1 aromatic carbocycles. The van der Waals surface area contributed by atoms with Crippen molar-refractivity contribution in [3.05, 3.63) is 29.3 Å². The van der Waals surface area contributed by atoms with Crippen molar-refractivity contribution in [2.24, 2.45) is 0 Å². The van der Waals surface area contributed by atoms with Crippen molar-refractivity contribution in [3.8, 4) is 0 Å². The Hall–Kier alpha value is -1.92. The van der Waals surface area contributed by atoms with Gasteiger partial charge in [-0.25, -0.2) is 0 Å². The normalized spacial score (nSPS) is 25.3. The van der Waals surface area contributed by atoms with Gasteiger partial charge in [-0.05, 0) is 25.0 Å². The van der Waals surface area contributed by atoms with Gasteiger partial charge in [-0.3, -0.25) is 14.5 Å². The number of quaternary nitrogens is 1. The second-order valence-corrected chi connectivity index (χ2v) is 7.10. The molecule has 2 bridgehead atoms. The second-order valence-electron chi connectivity index (χ2n) is 7.10. The maximum atomic E-state index is 12.3. The van der Waals surface area contributed by atoms with E-state index in [4.69, 9.17) is 0 Å². The molecule has 0 unspecified atom stereocenters. The lowest BCUT2D eigenvalue weighted by Gasteiger charge is -2.50. The molecule has 0 saturated carbocycles. The van der Waals surface area contributed by atoms with Crippen molar-refractivity contribution in [1.29, 1.82) is 0 Å². The molecule has 6 heteroatoms. The highest BCUT2D eigenvalue weighted by molar-refractivity contribution is 5.95. The summed E-state index contributed by atoms with van der Waals surface area (Å²) >= 11 is 0. The number of hydrogen-bond donors (Lipinski definition) is 2. The molecule has 6 nitrogen and oxygen atoms in total. The molecule has 24 heavy (non-hydrogen) atoms. The van der Waals surface area contributed by atoms with Gasteiger partial charge in [0.1, 0.15) is 0 Å². The number of benzene rings is 1. The Bertz CT molecular complexity index is 602. The van der Waals surface area contributed by atoms with Crippen LogP contribution in [0.2, 0.25) is 0 Å². The lowest BCUT2D eigenvalue weighted by molar-refractivity contribution is -0.933. The molecule has 4 rings (SSSR count). The fourth-order valence-corrected chi connectivity index (χ4v) is 3.70. The van der Waals surface area contributed by atoms with Crippen molar-refractivity contribution in [2.45, 2.75) is 13.8 Å². The van der Waals surface area contributed by atoms with E-state index in [0.717, 1.165) is 60.6 Å². The second kappa shape index (κ2) is 6.91. The smallest absolute Gasteiger partial charge is 0.275 e. The van der Waals surface area contributed by atoms with Gasteiger partial charge in [0.05, 0.1) is 26.2 Å². The summed E-state index contributed by atoms with van der Waals surface area (Å²) in [6.45, 7) is 10.8. The Kier molecular flexibility index (Phi) is 4.87. The summed E-state index contributed by atoms with van der Waals surface area (Å²) in [7, 11) is 0. The van der Waals surface area contributed by atoms with Gasteiger partial charge >= 0.3 is 0 Å². The average Bonchev–Trinajstić information content (AvgIpc) is 2.58. The first kappa shape index (κ1) is 16.9. The molecule has 2 amide bonds. The molecular formula is C18H27N4O2+. The van der Waals surface area contributed by atoms with E-state index in [1.54, 1.807) is 0 Å². The molecular weight excluding hydrogens is 304 g/mol. The van der Waals surface area contributed by atoms with E-state index < -0.39 is 0 Å². The van der Waals surface area contributed by atoms with E-state index >= 15 is 0 Å². The first-order valence-electron chi connectivity index (χ1n) is 8.68. The van der Waals surface area contributed by atoms with E-state index in [9.17, 15) is 9.59 Å².